The summed E-state index contributed by atoms with van der Waals surface area (Å²) in [4.78, 5) is 33.0. The van der Waals surface area contributed by atoms with Crippen molar-refractivity contribution >= 4 is 29.7 Å². The lowest BCUT2D eigenvalue weighted by Gasteiger charge is -2.21. The van der Waals surface area contributed by atoms with Crippen LogP contribution in [0.5, 0.6) is 0 Å². The summed E-state index contributed by atoms with van der Waals surface area (Å²) in [7, 11) is 0. The molecule has 2 N–H and O–H groups in total. The van der Waals surface area contributed by atoms with Crippen molar-refractivity contribution in [2.45, 2.75) is 6.92 Å². The van der Waals surface area contributed by atoms with Crippen molar-refractivity contribution in [3.05, 3.63) is 11.3 Å². The first kappa shape index (κ1) is 14.4. The zero-order valence-corrected chi connectivity index (χ0v) is 10.6. The number of nitrogens with one attached hydrogen (secondary N) is 2. The van der Waals surface area contributed by atoms with Crippen LogP contribution in [0.4, 0.5) is 4.79 Å². The maximum Gasteiger partial charge on any atom is 0.337 e. The van der Waals surface area contributed by atoms with E-state index in [9.17, 15) is 19.5 Å². The highest BCUT2D eigenvalue weighted by Crippen LogP contribution is 2.13. The number of thioether (sulfide) groups is 1. The van der Waals surface area contributed by atoms with Crippen LogP contribution in [0.2, 0.25) is 0 Å². The molecule has 0 saturated heterocycles. The first-order valence-electron chi connectivity index (χ1n) is 5.26. The van der Waals surface area contributed by atoms with Crippen LogP contribution in [-0.2, 0) is 14.3 Å². The van der Waals surface area contributed by atoms with E-state index in [0.29, 0.717) is 11.3 Å². The molecule has 0 atom stereocenters. The second-order valence-electron chi connectivity index (χ2n) is 3.35. The molecule has 1 rings (SSSR count). The molecule has 1 aliphatic heterocycles. The van der Waals surface area contributed by atoms with E-state index in [0.717, 1.165) is 11.8 Å². The minimum absolute atomic E-state index is 0.0753. The molecule has 0 aliphatic carbocycles. The van der Waals surface area contributed by atoms with Gasteiger partial charge in [-0.05, 0) is 6.92 Å². The highest BCUT2D eigenvalue weighted by Gasteiger charge is 2.23. The lowest BCUT2D eigenvalue weighted by atomic mass is 10.2. The fourth-order valence-electron chi connectivity index (χ4n) is 1.31. The standard InChI is InChI=1S/C10H14N2O5S/c1-2-17-9(15)6-3-11-10(16)12-7(6)4-18-5-8(13)14/h2-5H2,1H3,(H,13,14)(H2,11,12,16)/p-1. The number of amides is 2. The van der Waals surface area contributed by atoms with Crippen molar-refractivity contribution in [3.63, 3.8) is 0 Å². The monoisotopic (exact) mass is 273 g/mol. The van der Waals surface area contributed by atoms with Crippen molar-refractivity contribution in [1.29, 1.82) is 0 Å². The Morgan fingerprint density at radius 2 is 2.22 bits per heavy atom. The van der Waals surface area contributed by atoms with Gasteiger partial charge in [0, 0.05) is 17.2 Å². The summed E-state index contributed by atoms with van der Waals surface area (Å²) in [5.41, 5.74) is 0.686. The van der Waals surface area contributed by atoms with E-state index in [1.54, 1.807) is 6.92 Å². The molecule has 100 valence electrons. The average Bonchev–Trinajstić information content (AvgIpc) is 2.29. The molecule has 0 radical (unpaired) electrons. The molecule has 1 heterocycles. The fraction of sp³-hybridized carbons (Fsp3) is 0.500. The third kappa shape index (κ3) is 4.28. The zero-order chi connectivity index (χ0) is 13.5. The SMILES string of the molecule is CCOC(=O)C1=C(CSCC(=O)[O-])NC(=O)NC1. The van der Waals surface area contributed by atoms with Gasteiger partial charge in [-0.15, -0.1) is 11.8 Å². The lowest BCUT2D eigenvalue weighted by Crippen LogP contribution is -2.44. The summed E-state index contributed by atoms with van der Waals surface area (Å²) < 4.78 is 4.85. The number of hydrogen-bond donors (Lipinski definition) is 2. The molecule has 0 aromatic carbocycles. The van der Waals surface area contributed by atoms with Gasteiger partial charge in [0.1, 0.15) is 0 Å². The van der Waals surface area contributed by atoms with Gasteiger partial charge in [-0.3, -0.25) is 0 Å². The van der Waals surface area contributed by atoms with Gasteiger partial charge in [0.2, 0.25) is 0 Å². The van der Waals surface area contributed by atoms with Crippen molar-refractivity contribution in [2.24, 2.45) is 0 Å². The first-order valence-corrected chi connectivity index (χ1v) is 6.41. The summed E-state index contributed by atoms with van der Waals surface area (Å²) in [6, 6.07) is -0.424. The molecule has 0 aromatic heterocycles. The van der Waals surface area contributed by atoms with Crippen LogP contribution in [-0.4, -0.2) is 42.6 Å². The Kier molecular flexibility index (Phi) is 5.50. The van der Waals surface area contributed by atoms with Gasteiger partial charge < -0.3 is 25.3 Å². The minimum atomic E-state index is -1.20. The maximum absolute atomic E-state index is 11.6. The number of ether oxygens (including phenoxy) is 1. The molecule has 0 fully saturated rings. The lowest BCUT2D eigenvalue weighted by molar-refractivity contribution is -0.301. The third-order valence-electron chi connectivity index (χ3n) is 2.04. The highest BCUT2D eigenvalue weighted by atomic mass is 32.2. The summed E-state index contributed by atoms with van der Waals surface area (Å²) >= 11 is 1.04. The third-order valence-corrected chi connectivity index (χ3v) is 2.98. The Hall–Kier alpha value is -1.70. The number of carbonyl (C=O) groups is 3. The number of carboxylic acid groups (broad SMARTS) is 1. The quantitative estimate of drug-likeness (QED) is 0.576. The normalized spacial score (nSPS) is 14.8. The number of urea groups is 1. The number of carboxylic acids is 1. The van der Waals surface area contributed by atoms with E-state index in [4.69, 9.17) is 4.74 Å². The molecule has 0 unspecified atom stereocenters. The zero-order valence-electron chi connectivity index (χ0n) is 9.78. The molecular formula is C10H13N2O5S-. The van der Waals surface area contributed by atoms with Crippen LogP contribution < -0.4 is 15.7 Å². The van der Waals surface area contributed by atoms with Crippen LogP contribution in [0, 0.1) is 0 Å². The number of carbonyl (C=O) groups excluding carboxylic acids is 3. The highest BCUT2D eigenvalue weighted by molar-refractivity contribution is 8.00. The molecular weight excluding hydrogens is 260 g/mol. The van der Waals surface area contributed by atoms with Crippen LogP contribution in [0.3, 0.4) is 0 Å². The van der Waals surface area contributed by atoms with Crippen LogP contribution in [0.1, 0.15) is 6.92 Å². The van der Waals surface area contributed by atoms with E-state index in [1.807, 2.05) is 0 Å². The predicted octanol–water partition coefficient (Wildman–Crippen LogP) is -1.40. The Morgan fingerprint density at radius 1 is 1.50 bits per heavy atom. The number of rotatable bonds is 6. The molecule has 0 bridgehead atoms. The van der Waals surface area contributed by atoms with E-state index < -0.39 is 18.0 Å². The molecule has 8 heteroatoms. The van der Waals surface area contributed by atoms with Crippen molar-refractivity contribution in [1.82, 2.24) is 10.6 Å². The number of esters is 1. The number of hydrogen-bond acceptors (Lipinski definition) is 6. The maximum atomic E-state index is 11.6. The van der Waals surface area contributed by atoms with Gasteiger partial charge in [0.05, 0.1) is 24.7 Å². The van der Waals surface area contributed by atoms with Gasteiger partial charge in [-0.2, -0.15) is 0 Å². The van der Waals surface area contributed by atoms with Crippen molar-refractivity contribution in [2.75, 3.05) is 24.7 Å². The van der Waals surface area contributed by atoms with Gasteiger partial charge in [0.15, 0.2) is 0 Å². The van der Waals surface area contributed by atoms with E-state index in [-0.39, 0.29) is 24.7 Å². The smallest absolute Gasteiger partial charge is 0.337 e. The van der Waals surface area contributed by atoms with Crippen LogP contribution >= 0.6 is 11.8 Å². The summed E-state index contributed by atoms with van der Waals surface area (Å²) in [6.45, 7) is 1.99. The van der Waals surface area contributed by atoms with Crippen LogP contribution in [0.25, 0.3) is 0 Å². The van der Waals surface area contributed by atoms with Gasteiger partial charge in [0.25, 0.3) is 0 Å². The van der Waals surface area contributed by atoms with E-state index in [2.05, 4.69) is 10.6 Å². The number of aliphatic carboxylic acids is 1. The van der Waals surface area contributed by atoms with Crippen LogP contribution in [0.15, 0.2) is 11.3 Å². The van der Waals surface area contributed by atoms with Gasteiger partial charge in [-0.1, -0.05) is 0 Å². The average molecular weight is 273 g/mol. The summed E-state index contributed by atoms with van der Waals surface area (Å²) in [5.74, 6) is -1.72. The topological polar surface area (TPSA) is 108 Å². The first-order chi connectivity index (χ1) is 8.54. The summed E-state index contributed by atoms with van der Waals surface area (Å²) in [5, 5.41) is 15.2. The second kappa shape index (κ2) is 6.90. The summed E-state index contributed by atoms with van der Waals surface area (Å²) in [6.07, 6.45) is 0. The molecule has 0 saturated carbocycles. The van der Waals surface area contributed by atoms with Gasteiger partial charge in [-0.25, -0.2) is 9.59 Å². The molecule has 0 aromatic rings. The van der Waals surface area contributed by atoms with Crippen molar-refractivity contribution in [3.8, 4) is 0 Å². The Labute approximate surface area is 108 Å². The van der Waals surface area contributed by atoms with Crippen molar-refractivity contribution < 1.29 is 24.2 Å². The fourth-order valence-corrected chi connectivity index (χ4v) is 2.02. The molecule has 1 aliphatic rings. The second-order valence-corrected chi connectivity index (χ2v) is 4.34. The Balaban J connectivity index is 2.71. The predicted molar refractivity (Wildman–Crippen MR) is 62.5 cm³/mol. The Morgan fingerprint density at radius 3 is 2.83 bits per heavy atom. The largest absolute Gasteiger partial charge is 0.549 e. The molecule has 2 amide bonds. The van der Waals surface area contributed by atoms with E-state index >= 15 is 0 Å². The van der Waals surface area contributed by atoms with E-state index in [1.165, 1.54) is 0 Å². The Bertz CT molecular complexity index is 394. The molecule has 18 heavy (non-hydrogen) atoms. The van der Waals surface area contributed by atoms with Gasteiger partial charge >= 0.3 is 12.0 Å². The molecule has 7 nitrogen and oxygen atoms in total. The minimum Gasteiger partial charge on any atom is -0.549 e. The molecule has 0 spiro atoms.